The number of hydrogen-bond donors (Lipinski definition) is 1. The molecule has 15 heavy (non-hydrogen) atoms. The molecule has 1 nitrogen and oxygen atoms in total. The molecule has 0 amide bonds. The Morgan fingerprint density at radius 3 is 2.60 bits per heavy atom. The fourth-order valence-corrected chi connectivity index (χ4v) is 3.21. The monoisotopic (exact) mass is 353 g/mol. The summed E-state index contributed by atoms with van der Waals surface area (Å²) >= 11 is 8.72. The maximum absolute atomic E-state index is 3.47. The third-order valence-corrected chi connectivity index (χ3v) is 4.35. The average Bonchev–Trinajstić information content (AvgIpc) is 2.63. The van der Waals surface area contributed by atoms with Gasteiger partial charge in [0.15, 0.2) is 0 Å². The number of rotatable bonds is 8. The molecule has 0 aromatic carbocycles. The number of hydrogen-bond acceptors (Lipinski definition) is 2. The van der Waals surface area contributed by atoms with Crippen LogP contribution in [0.1, 0.15) is 30.6 Å². The first-order valence-corrected chi connectivity index (χ1v) is 8.07. The lowest BCUT2D eigenvalue weighted by atomic mass is 10.2. The van der Waals surface area contributed by atoms with Crippen molar-refractivity contribution in [3.63, 3.8) is 0 Å². The van der Waals surface area contributed by atoms with Gasteiger partial charge in [0.25, 0.3) is 0 Å². The Labute approximate surface area is 113 Å². The quantitative estimate of drug-likeness (QED) is 0.533. The molecule has 86 valence electrons. The van der Waals surface area contributed by atoms with Gasteiger partial charge in [-0.15, -0.1) is 11.3 Å². The Kier molecular flexibility index (Phi) is 7.97. The number of alkyl halides is 1. The molecule has 0 aliphatic carbocycles. The Morgan fingerprint density at radius 2 is 1.93 bits per heavy atom. The summed E-state index contributed by atoms with van der Waals surface area (Å²) in [6.07, 6.45) is 5.28. The Bertz CT molecular complexity index is 263. The summed E-state index contributed by atoms with van der Waals surface area (Å²) in [5.41, 5.74) is 0. The van der Waals surface area contributed by atoms with E-state index in [4.69, 9.17) is 0 Å². The van der Waals surface area contributed by atoms with E-state index in [1.807, 2.05) is 11.3 Å². The second-order valence-electron chi connectivity index (χ2n) is 3.49. The highest BCUT2D eigenvalue weighted by Crippen LogP contribution is 2.21. The average molecular weight is 355 g/mol. The van der Waals surface area contributed by atoms with E-state index in [9.17, 15) is 0 Å². The van der Waals surface area contributed by atoms with E-state index >= 15 is 0 Å². The Morgan fingerprint density at radius 1 is 1.13 bits per heavy atom. The van der Waals surface area contributed by atoms with E-state index in [0.717, 1.165) is 18.4 Å². The first-order chi connectivity index (χ1) is 7.33. The predicted octanol–water partition coefficient (Wildman–Crippen LogP) is 4.56. The Balaban J connectivity index is 1.93. The molecule has 0 aliphatic rings. The fourth-order valence-electron chi connectivity index (χ4n) is 1.36. The van der Waals surface area contributed by atoms with Crippen molar-refractivity contribution in [3.05, 3.63) is 20.8 Å². The fraction of sp³-hybridized carbons (Fsp3) is 0.636. The maximum Gasteiger partial charge on any atom is 0.0701 e. The molecular formula is C11H17Br2NS. The minimum atomic E-state index is 1.01. The first-order valence-electron chi connectivity index (χ1n) is 5.34. The third-order valence-electron chi connectivity index (χ3n) is 2.17. The van der Waals surface area contributed by atoms with E-state index in [1.165, 1.54) is 34.3 Å². The summed E-state index contributed by atoms with van der Waals surface area (Å²) in [5, 5.41) is 4.61. The van der Waals surface area contributed by atoms with Gasteiger partial charge in [-0.2, -0.15) is 0 Å². The second kappa shape index (κ2) is 8.74. The van der Waals surface area contributed by atoms with E-state index in [-0.39, 0.29) is 0 Å². The molecule has 0 bridgehead atoms. The van der Waals surface area contributed by atoms with Crippen LogP contribution in [0.5, 0.6) is 0 Å². The minimum Gasteiger partial charge on any atom is -0.312 e. The zero-order chi connectivity index (χ0) is 10.9. The van der Waals surface area contributed by atoms with Gasteiger partial charge in [0.1, 0.15) is 0 Å². The van der Waals surface area contributed by atoms with Crippen LogP contribution in [-0.4, -0.2) is 11.9 Å². The van der Waals surface area contributed by atoms with Crippen LogP contribution in [0.15, 0.2) is 15.9 Å². The van der Waals surface area contributed by atoms with Gasteiger partial charge in [-0.1, -0.05) is 28.8 Å². The van der Waals surface area contributed by atoms with Crippen molar-refractivity contribution < 1.29 is 0 Å². The van der Waals surface area contributed by atoms with Crippen LogP contribution in [0.25, 0.3) is 0 Å². The lowest BCUT2D eigenvalue weighted by Gasteiger charge is -2.02. The largest absolute Gasteiger partial charge is 0.312 e. The third kappa shape index (κ3) is 6.72. The van der Waals surface area contributed by atoms with Gasteiger partial charge in [-0.25, -0.2) is 0 Å². The van der Waals surface area contributed by atoms with Crippen LogP contribution in [0.4, 0.5) is 0 Å². The summed E-state index contributed by atoms with van der Waals surface area (Å²) in [4.78, 5) is 1.40. The minimum absolute atomic E-state index is 1.01. The lowest BCUT2D eigenvalue weighted by Crippen LogP contribution is -2.13. The molecule has 0 fully saturated rings. The molecule has 1 N–H and O–H groups in total. The highest BCUT2D eigenvalue weighted by atomic mass is 79.9. The maximum atomic E-state index is 3.47. The van der Waals surface area contributed by atoms with Crippen molar-refractivity contribution in [2.75, 3.05) is 11.9 Å². The smallest absolute Gasteiger partial charge is 0.0701 e. The number of halogens is 2. The zero-order valence-corrected chi connectivity index (χ0v) is 12.8. The standard InChI is InChI=1S/C11H17Br2NS/c12-7-3-1-2-4-8-14-9-10-5-6-11(13)15-10/h5-6,14H,1-4,7-9H2. The van der Waals surface area contributed by atoms with Gasteiger partial charge in [-0.05, 0) is 47.4 Å². The van der Waals surface area contributed by atoms with Crippen molar-refractivity contribution >= 4 is 43.2 Å². The van der Waals surface area contributed by atoms with E-state index in [0.29, 0.717) is 0 Å². The van der Waals surface area contributed by atoms with Gasteiger partial charge in [0, 0.05) is 16.8 Å². The lowest BCUT2D eigenvalue weighted by molar-refractivity contribution is 0.602. The van der Waals surface area contributed by atoms with Gasteiger partial charge < -0.3 is 5.32 Å². The van der Waals surface area contributed by atoms with Crippen molar-refractivity contribution in [1.29, 1.82) is 0 Å². The normalized spacial score (nSPS) is 10.8. The summed E-state index contributed by atoms with van der Waals surface area (Å²) in [5.74, 6) is 0. The molecular weight excluding hydrogens is 338 g/mol. The molecule has 0 spiro atoms. The molecule has 0 atom stereocenters. The van der Waals surface area contributed by atoms with E-state index < -0.39 is 0 Å². The van der Waals surface area contributed by atoms with Crippen molar-refractivity contribution in [2.45, 2.75) is 32.2 Å². The van der Waals surface area contributed by atoms with Crippen LogP contribution in [0, 0.1) is 0 Å². The van der Waals surface area contributed by atoms with Gasteiger partial charge in [0.05, 0.1) is 3.79 Å². The van der Waals surface area contributed by atoms with Gasteiger partial charge >= 0.3 is 0 Å². The predicted molar refractivity (Wildman–Crippen MR) is 76.0 cm³/mol. The van der Waals surface area contributed by atoms with Gasteiger partial charge in [-0.3, -0.25) is 0 Å². The molecule has 0 unspecified atom stereocenters. The molecule has 0 radical (unpaired) electrons. The van der Waals surface area contributed by atoms with Crippen LogP contribution in [0.3, 0.4) is 0 Å². The van der Waals surface area contributed by atoms with Crippen LogP contribution in [0.2, 0.25) is 0 Å². The zero-order valence-electron chi connectivity index (χ0n) is 8.77. The van der Waals surface area contributed by atoms with Crippen molar-refractivity contribution in [3.8, 4) is 0 Å². The number of nitrogens with one attached hydrogen (secondary N) is 1. The molecule has 1 rings (SSSR count). The highest BCUT2D eigenvalue weighted by molar-refractivity contribution is 9.11. The SMILES string of the molecule is BrCCCCCCNCc1ccc(Br)s1. The molecule has 1 heterocycles. The summed E-state index contributed by atoms with van der Waals surface area (Å²) < 4.78 is 1.22. The topological polar surface area (TPSA) is 12.0 Å². The molecule has 0 saturated heterocycles. The molecule has 4 heteroatoms. The molecule has 1 aromatic heterocycles. The number of thiophene rings is 1. The molecule has 0 saturated carbocycles. The van der Waals surface area contributed by atoms with Crippen LogP contribution in [-0.2, 0) is 6.54 Å². The summed E-state index contributed by atoms with van der Waals surface area (Å²) in [7, 11) is 0. The molecule has 1 aromatic rings. The highest BCUT2D eigenvalue weighted by Gasteiger charge is 1.96. The molecule has 0 aliphatic heterocycles. The van der Waals surface area contributed by atoms with Crippen molar-refractivity contribution in [1.82, 2.24) is 5.32 Å². The summed E-state index contributed by atoms with van der Waals surface area (Å²) in [6.45, 7) is 2.15. The Hall–Kier alpha value is 0.620. The second-order valence-corrected chi connectivity index (χ2v) is 6.83. The number of unbranched alkanes of at least 4 members (excludes halogenated alkanes) is 3. The van der Waals surface area contributed by atoms with Crippen molar-refractivity contribution in [2.24, 2.45) is 0 Å². The van der Waals surface area contributed by atoms with Crippen LogP contribution < -0.4 is 5.32 Å². The van der Waals surface area contributed by atoms with Gasteiger partial charge in [0.2, 0.25) is 0 Å². The van der Waals surface area contributed by atoms with E-state index in [1.54, 1.807) is 0 Å². The van der Waals surface area contributed by atoms with E-state index in [2.05, 4.69) is 49.3 Å². The first kappa shape index (κ1) is 13.7. The van der Waals surface area contributed by atoms with Crippen LogP contribution >= 0.6 is 43.2 Å². The summed E-state index contributed by atoms with van der Waals surface area (Å²) in [6, 6.07) is 4.28.